The van der Waals surface area contributed by atoms with Crippen LogP contribution in [-0.4, -0.2) is 37.0 Å². The van der Waals surface area contributed by atoms with E-state index in [1.807, 2.05) is 0 Å². The maximum Gasteiger partial charge on any atom is 0.420 e. The molecule has 34 heavy (non-hydrogen) atoms. The van der Waals surface area contributed by atoms with Crippen molar-refractivity contribution in [1.82, 2.24) is 29.9 Å². The zero-order chi connectivity index (χ0) is 24.5. The molecular formula is C20H13F6N7O. The van der Waals surface area contributed by atoms with E-state index < -0.39 is 29.2 Å². The lowest BCUT2D eigenvalue weighted by atomic mass is 10.1. The predicted molar refractivity (Wildman–Crippen MR) is 107 cm³/mol. The number of nitrogens with one attached hydrogen (secondary N) is 1. The monoisotopic (exact) mass is 481 g/mol. The third-order valence-electron chi connectivity index (χ3n) is 4.48. The van der Waals surface area contributed by atoms with Gasteiger partial charge in [0, 0.05) is 19.5 Å². The van der Waals surface area contributed by atoms with Crippen molar-refractivity contribution in [3.63, 3.8) is 0 Å². The average molecular weight is 481 g/mol. The highest BCUT2D eigenvalue weighted by atomic mass is 19.4. The second-order valence-electron chi connectivity index (χ2n) is 6.86. The Balaban J connectivity index is 1.79. The van der Waals surface area contributed by atoms with Crippen LogP contribution in [0.4, 0.5) is 37.8 Å². The zero-order valence-corrected chi connectivity index (χ0v) is 17.1. The van der Waals surface area contributed by atoms with Gasteiger partial charge in [-0.3, -0.25) is 0 Å². The normalized spacial score (nSPS) is 12.2. The molecule has 0 aliphatic carbocycles. The summed E-state index contributed by atoms with van der Waals surface area (Å²) in [7, 11) is 1.41. The molecule has 0 aromatic carbocycles. The molecule has 14 heteroatoms. The van der Waals surface area contributed by atoms with Crippen LogP contribution in [0.25, 0.3) is 22.6 Å². The van der Waals surface area contributed by atoms with Gasteiger partial charge < -0.3 is 10.1 Å². The van der Waals surface area contributed by atoms with E-state index in [-0.39, 0.29) is 35.0 Å². The molecule has 0 amide bonds. The minimum absolute atomic E-state index is 0.0261. The van der Waals surface area contributed by atoms with Crippen LogP contribution in [0.1, 0.15) is 16.8 Å². The SMILES string of the molecule is COCc1cc(Nc2ccc(C(F)(F)F)cn2)c2ncc(-c3ncncc3C(F)(F)F)nc2n1. The van der Waals surface area contributed by atoms with Gasteiger partial charge in [0.25, 0.3) is 0 Å². The van der Waals surface area contributed by atoms with Crippen LogP contribution >= 0.6 is 0 Å². The molecule has 0 aliphatic heterocycles. The minimum Gasteiger partial charge on any atom is -0.378 e. The number of halogens is 6. The molecule has 4 heterocycles. The van der Waals surface area contributed by atoms with Crippen molar-refractivity contribution >= 4 is 22.7 Å². The number of nitrogens with zero attached hydrogens (tertiary/aromatic N) is 6. The van der Waals surface area contributed by atoms with Crippen molar-refractivity contribution in [2.24, 2.45) is 0 Å². The molecule has 176 valence electrons. The molecule has 4 rings (SSSR count). The van der Waals surface area contributed by atoms with E-state index >= 15 is 0 Å². The lowest BCUT2D eigenvalue weighted by Crippen LogP contribution is -2.10. The van der Waals surface area contributed by atoms with Gasteiger partial charge >= 0.3 is 12.4 Å². The van der Waals surface area contributed by atoms with Crippen molar-refractivity contribution < 1.29 is 31.1 Å². The first-order valence-corrected chi connectivity index (χ1v) is 9.39. The summed E-state index contributed by atoms with van der Waals surface area (Å²) in [6, 6.07) is 3.50. The standard InChI is InChI=1S/C20H13F6N7O/c1-34-8-11-4-13(32-15-3-2-10(5-28-15)19(21,22)23)17-18(31-11)33-14(7-29-17)16-12(20(24,25)26)6-27-9-30-16/h2-7,9H,8H2,1H3,(H,28,31,32,33). The molecule has 0 atom stereocenters. The first-order valence-electron chi connectivity index (χ1n) is 9.39. The molecule has 0 saturated heterocycles. The van der Waals surface area contributed by atoms with Gasteiger partial charge in [-0.2, -0.15) is 26.3 Å². The van der Waals surface area contributed by atoms with Crippen molar-refractivity contribution in [3.05, 3.63) is 59.9 Å². The molecule has 8 nitrogen and oxygen atoms in total. The Morgan fingerprint density at radius 1 is 0.912 bits per heavy atom. The lowest BCUT2D eigenvalue weighted by molar-refractivity contribution is -0.138. The Bertz CT molecular complexity index is 1330. The summed E-state index contributed by atoms with van der Waals surface area (Å²) < 4.78 is 83.6. The Morgan fingerprint density at radius 3 is 2.35 bits per heavy atom. The fourth-order valence-electron chi connectivity index (χ4n) is 3.00. The van der Waals surface area contributed by atoms with Gasteiger partial charge in [0.1, 0.15) is 34.6 Å². The first kappa shape index (κ1) is 23.2. The number of ether oxygens (including phenoxy) is 1. The van der Waals surface area contributed by atoms with Crippen LogP contribution in [0.2, 0.25) is 0 Å². The summed E-state index contributed by atoms with van der Waals surface area (Å²) >= 11 is 0. The van der Waals surface area contributed by atoms with Gasteiger partial charge in [-0.1, -0.05) is 0 Å². The van der Waals surface area contributed by atoms with Gasteiger partial charge in [0.15, 0.2) is 5.65 Å². The van der Waals surface area contributed by atoms with Crippen LogP contribution in [0.15, 0.2) is 43.1 Å². The van der Waals surface area contributed by atoms with E-state index in [0.717, 1.165) is 24.7 Å². The van der Waals surface area contributed by atoms with Crippen molar-refractivity contribution in [3.8, 4) is 11.4 Å². The van der Waals surface area contributed by atoms with Crippen molar-refractivity contribution in [2.75, 3.05) is 12.4 Å². The van der Waals surface area contributed by atoms with E-state index in [4.69, 9.17) is 4.74 Å². The summed E-state index contributed by atoms with van der Waals surface area (Å²) in [5.74, 6) is 0.0740. The third kappa shape index (κ3) is 4.85. The second-order valence-corrected chi connectivity index (χ2v) is 6.86. The number of alkyl halides is 6. The quantitative estimate of drug-likeness (QED) is 0.406. The molecule has 0 bridgehead atoms. The van der Waals surface area contributed by atoms with Crippen molar-refractivity contribution in [2.45, 2.75) is 19.0 Å². The fourth-order valence-corrected chi connectivity index (χ4v) is 3.00. The molecular weight excluding hydrogens is 468 g/mol. The van der Waals surface area contributed by atoms with E-state index in [0.29, 0.717) is 18.1 Å². The lowest BCUT2D eigenvalue weighted by Gasteiger charge is -2.13. The summed E-state index contributed by atoms with van der Waals surface area (Å²) in [5, 5.41) is 2.84. The number of anilines is 2. The molecule has 0 fully saturated rings. The maximum atomic E-state index is 13.4. The molecule has 4 aromatic rings. The van der Waals surface area contributed by atoms with E-state index in [1.165, 1.54) is 13.2 Å². The van der Waals surface area contributed by atoms with Crippen molar-refractivity contribution in [1.29, 1.82) is 0 Å². The highest BCUT2D eigenvalue weighted by Gasteiger charge is 2.35. The number of fused-ring (bicyclic) bond motifs is 1. The number of aromatic nitrogens is 6. The average Bonchev–Trinajstić information content (AvgIpc) is 2.78. The fraction of sp³-hybridized carbons (Fsp3) is 0.200. The second kappa shape index (κ2) is 8.78. The Hall–Kier alpha value is -3.94. The first-order chi connectivity index (χ1) is 16.1. The summed E-state index contributed by atoms with van der Waals surface area (Å²) in [5.41, 5.74) is -1.97. The van der Waals surface area contributed by atoms with Crippen LogP contribution in [0.3, 0.4) is 0 Å². The third-order valence-corrected chi connectivity index (χ3v) is 4.48. The number of rotatable bonds is 5. The topological polar surface area (TPSA) is 98.6 Å². The Morgan fingerprint density at radius 2 is 1.71 bits per heavy atom. The Labute approximate surface area is 187 Å². The highest BCUT2D eigenvalue weighted by molar-refractivity contribution is 5.88. The van der Waals surface area contributed by atoms with Crippen LogP contribution < -0.4 is 5.32 Å². The summed E-state index contributed by atoms with van der Waals surface area (Å²) in [6.45, 7) is 0.0261. The maximum absolute atomic E-state index is 13.4. The zero-order valence-electron chi connectivity index (χ0n) is 17.1. The number of hydrogen-bond donors (Lipinski definition) is 1. The van der Waals surface area contributed by atoms with Gasteiger partial charge in [-0.15, -0.1) is 0 Å². The van der Waals surface area contributed by atoms with Crippen LogP contribution in [-0.2, 0) is 23.7 Å². The molecule has 1 N–H and O–H groups in total. The molecule has 0 aliphatic rings. The minimum atomic E-state index is -4.72. The molecule has 0 spiro atoms. The smallest absolute Gasteiger partial charge is 0.378 e. The van der Waals surface area contributed by atoms with Crippen LogP contribution in [0.5, 0.6) is 0 Å². The summed E-state index contributed by atoms with van der Waals surface area (Å²) in [6.07, 6.45) is -5.93. The largest absolute Gasteiger partial charge is 0.420 e. The number of hydrogen-bond acceptors (Lipinski definition) is 8. The molecule has 4 aromatic heterocycles. The van der Waals surface area contributed by atoms with Gasteiger partial charge in [-0.25, -0.2) is 29.9 Å². The molecule has 0 saturated carbocycles. The van der Waals surface area contributed by atoms with Gasteiger partial charge in [-0.05, 0) is 18.2 Å². The predicted octanol–water partition coefficient (Wildman–Crippen LogP) is 4.80. The van der Waals surface area contributed by atoms with Gasteiger partial charge in [0.2, 0.25) is 0 Å². The highest BCUT2D eigenvalue weighted by Crippen LogP contribution is 2.35. The van der Waals surface area contributed by atoms with Crippen LogP contribution in [0, 0.1) is 0 Å². The summed E-state index contributed by atoms with van der Waals surface area (Å²) in [4.78, 5) is 23.5. The number of pyridine rings is 2. The Kier molecular flexibility index (Phi) is 6.00. The van der Waals surface area contributed by atoms with Gasteiger partial charge in [0.05, 0.1) is 29.7 Å². The molecule has 0 radical (unpaired) electrons. The molecule has 0 unspecified atom stereocenters. The van der Waals surface area contributed by atoms with E-state index in [2.05, 4.69) is 35.2 Å². The van der Waals surface area contributed by atoms with E-state index in [9.17, 15) is 26.3 Å². The van der Waals surface area contributed by atoms with E-state index in [1.54, 1.807) is 0 Å². The number of methoxy groups -OCH3 is 1.